The van der Waals surface area contributed by atoms with E-state index in [1.165, 1.54) is 22.3 Å². The zero-order chi connectivity index (χ0) is 31.8. The molecule has 1 atom stereocenters. The minimum atomic E-state index is -0.572. The number of imide groups is 1. The summed E-state index contributed by atoms with van der Waals surface area (Å²) in [6.45, 7) is 5.03. The van der Waals surface area contributed by atoms with E-state index in [1.54, 1.807) is 4.90 Å². The highest BCUT2D eigenvalue weighted by Crippen LogP contribution is 2.68. The van der Waals surface area contributed by atoms with E-state index in [2.05, 4.69) is 61.9 Å². The van der Waals surface area contributed by atoms with Crippen LogP contribution in [0.1, 0.15) is 95.0 Å². The first-order valence-corrected chi connectivity index (χ1v) is 17.1. The van der Waals surface area contributed by atoms with Crippen LogP contribution in [0.4, 0.5) is 5.95 Å². The lowest BCUT2D eigenvalue weighted by Crippen LogP contribution is -2.73. The van der Waals surface area contributed by atoms with Gasteiger partial charge < -0.3 is 15.0 Å². The van der Waals surface area contributed by atoms with E-state index in [1.807, 2.05) is 18.5 Å². The zero-order valence-electron chi connectivity index (χ0n) is 26.5. The number of aromatic nitrogens is 2. The first-order valence-electron chi connectivity index (χ1n) is 17.1. The van der Waals surface area contributed by atoms with E-state index in [-0.39, 0.29) is 29.7 Å². The zero-order valence-corrected chi connectivity index (χ0v) is 26.5. The second-order valence-corrected chi connectivity index (χ2v) is 14.9. The van der Waals surface area contributed by atoms with E-state index in [4.69, 9.17) is 4.74 Å². The van der Waals surface area contributed by atoms with Gasteiger partial charge in [0.05, 0.1) is 13.2 Å². The number of amides is 3. The van der Waals surface area contributed by atoms with Gasteiger partial charge in [0.1, 0.15) is 6.04 Å². The third-order valence-electron chi connectivity index (χ3n) is 11.8. The van der Waals surface area contributed by atoms with E-state index >= 15 is 0 Å². The molecule has 242 valence electrons. The van der Waals surface area contributed by atoms with E-state index in [0.717, 1.165) is 76.5 Å². The Morgan fingerprint density at radius 1 is 0.894 bits per heavy atom. The molecule has 2 bridgehead atoms. The summed E-state index contributed by atoms with van der Waals surface area (Å²) in [6.07, 6.45) is 10.1. The number of likely N-dealkylation sites (tertiary alicyclic amines) is 1. The number of carbonyl (C=O) groups excluding carboxylic acids is 3. The lowest BCUT2D eigenvalue weighted by atomic mass is 9.37. The number of nitrogens with one attached hydrogen (secondary N) is 2. The number of ether oxygens (including phenoxy) is 1. The fraction of sp³-hybridized carbons (Fsp3) is 0.486. The quantitative estimate of drug-likeness (QED) is 0.358. The van der Waals surface area contributed by atoms with Gasteiger partial charge in [-0.3, -0.25) is 24.6 Å². The lowest BCUT2D eigenvalue weighted by molar-refractivity contribution is -0.136. The number of anilines is 1. The molecule has 2 N–H and O–H groups in total. The summed E-state index contributed by atoms with van der Waals surface area (Å²) in [5, 5.41) is 6.01. The molecular formula is C37H40N6O4. The Morgan fingerprint density at radius 3 is 2.32 bits per heavy atom. The van der Waals surface area contributed by atoms with Crippen molar-refractivity contribution < 1.29 is 19.1 Å². The molecule has 0 radical (unpaired) electrons. The standard InChI is InChI=1S/C37H40N6O4/c44-32-8-7-31(33(45)40-32)43-17-26-13-25(3-6-30(26)34(43)46)24-9-11-42(12-10-24)16-23-1-4-29(5-2-23)36-20-37(21-36,22-36)41-35-38-14-27(15-39-35)28-18-47-19-28/h1-6,13-15,24,28,31H,7-12,16-22H2,(H,38,39,41)(H,40,44,45). The molecule has 3 aromatic rings. The van der Waals surface area contributed by atoms with Gasteiger partial charge >= 0.3 is 0 Å². The Hall–Kier alpha value is -4.15. The molecule has 10 rings (SSSR count). The molecule has 3 amide bonds. The van der Waals surface area contributed by atoms with Crippen molar-refractivity contribution in [1.29, 1.82) is 0 Å². The van der Waals surface area contributed by atoms with Crippen molar-refractivity contribution in [3.63, 3.8) is 0 Å². The van der Waals surface area contributed by atoms with Crippen LogP contribution in [0.2, 0.25) is 0 Å². The van der Waals surface area contributed by atoms with Crippen LogP contribution in [0.25, 0.3) is 0 Å². The predicted molar refractivity (Wildman–Crippen MR) is 174 cm³/mol. The molecule has 3 saturated heterocycles. The Balaban J connectivity index is 0.759. The Kier molecular flexibility index (Phi) is 6.76. The summed E-state index contributed by atoms with van der Waals surface area (Å²) < 4.78 is 5.29. The molecule has 47 heavy (non-hydrogen) atoms. The van der Waals surface area contributed by atoms with Crippen molar-refractivity contribution >= 4 is 23.7 Å². The topological polar surface area (TPSA) is 117 Å². The molecule has 1 aromatic heterocycles. The highest BCUT2D eigenvalue weighted by atomic mass is 16.5. The van der Waals surface area contributed by atoms with E-state index in [0.29, 0.717) is 35.8 Å². The van der Waals surface area contributed by atoms with Crippen molar-refractivity contribution in [2.24, 2.45) is 0 Å². The number of rotatable bonds is 8. The van der Waals surface area contributed by atoms with Gasteiger partial charge in [0.25, 0.3) is 5.91 Å². The number of carbonyl (C=O) groups is 3. The molecule has 3 aliphatic carbocycles. The summed E-state index contributed by atoms with van der Waals surface area (Å²) in [5.74, 6) is 0.917. The molecule has 3 saturated carbocycles. The SMILES string of the molecule is O=C1CCC(N2Cc3cc(C4CCN(Cc5ccc(C67CC(Nc8ncc(C9COC9)cn8)(C6)C7)cc5)CC4)ccc3C2=O)C(=O)N1. The van der Waals surface area contributed by atoms with Crippen molar-refractivity contribution in [3.05, 3.63) is 88.2 Å². The maximum Gasteiger partial charge on any atom is 0.255 e. The van der Waals surface area contributed by atoms with Gasteiger partial charge in [-0.1, -0.05) is 36.4 Å². The number of fused-ring (bicyclic) bond motifs is 1. The van der Waals surface area contributed by atoms with Gasteiger partial charge in [0.2, 0.25) is 17.8 Å². The smallest absolute Gasteiger partial charge is 0.255 e. The third-order valence-corrected chi connectivity index (χ3v) is 11.8. The van der Waals surface area contributed by atoms with Gasteiger partial charge in [-0.05, 0) is 91.4 Å². The van der Waals surface area contributed by atoms with Crippen LogP contribution in [0.15, 0.2) is 54.9 Å². The van der Waals surface area contributed by atoms with Crippen molar-refractivity contribution in [1.82, 2.24) is 25.1 Å². The summed E-state index contributed by atoms with van der Waals surface area (Å²) in [7, 11) is 0. The monoisotopic (exact) mass is 632 g/mol. The normalized spacial score (nSPS) is 29.1. The van der Waals surface area contributed by atoms with Crippen LogP contribution in [-0.2, 0) is 32.8 Å². The van der Waals surface area contributed by atoms with Crippen LogP contribution in [0.3, 0.4) is 0 Å². The molecule has 6 fully saturated rings. The van der Waals surface area contributed by atoms with E-state index in [9.17, 15) is 14.4 Å². The van der Waals surface area contributed by atoms with Crippen LogP contribution in [0.5, 0.6) is 0 Å². The van der Waals surface area contributed by atoms with Gasteiger partial charge in [0, 0.05) is 54.3 Å². The molecule has 10 heteroatoms. The van der Waals surface area contributed by atoms with E-state index < -0.39 is 6.04 Å². The predicted octanol–water partition coefficient (Wildman–Crippen LogP) is 4.02. The molecular weight excluding hydrogens is 592 g/mol. The fourth-order valence-corrected chi connectivity index (χ4v) is 9.00. The number of piperidine rings is 2. The Morgan fingerprint density at radius 2 is 1.64 bits per heavy atom. The molecule has 1 unspecified atom stereocenters. The molecule has 0 spiro atoms. The number of hydrogen-bond acceptors (Lipinski definition) is 8. The second-order valence-electron chi connectivity index (χ2n) is 14.9. The number of nitrogens with zero attached hydrogens (tertiary/aromatic N) is 4. The lowest BCUT2D eigenvalue weighted by Gasteiger charge is -2.71. The summed E-state index contributed by atoms with van der Waals surface area (Å²) >= 11 is 0. The maximum atomic E-state index is 13.1. The molecule has 2 aromatic carbocycles. The summed E-state index contributed by atoms with van der Waals surface area (Å²) in [5.41, 5.74) is 7.38. The third kappa shape index (κ3) is 5.04. The molecule has 10 nitrogen and oxygen atoms in total. The van der Waals surface area contributed by atoms with Gasteiger partial charge in [0.15, 0.2) is 0 Å². The Bertz CT molecular complexity index is 1730. The summed E-state index contributed by atoms with van der Waals surface area (Å²) in [6, 6.07) is 15.0. The van der Waals surface area contributed by atoms with Crippen molar-refractivity contribution in [3.8, 4) is 0 Å². The van der Waals surface area contributed by atoms with Crippen molar-refractivity contribution in [2.45, 2.75) is 86.9 Å². The first kappa shape index (κ1) is 29.0. The van der Waals surface area contributed by atoms with Crippen LogP contribution < -0.4 is 10.6 Å². The highest BCUT2D eigenvalue weighted by Gasteiger charge is 2.68. The molecule has 7 aliphatic rings. The minimum Gasteiger partial charge on any atom is -0.380 e. The minimum absolute atomic E-state index is 0.109. The van der Waals surface area contributed by atoms with Gasteiger partial charge in [-0.2, -0.15) is 0 Å². The second kappa shape index (κ2) is 11.0. The van der Waals surface area contributed by atoms with Gasteiger partial charge in [-0.25, -0.2) is 9.97 Å². The van der Waals surface area contributed by atoms with Crippen LogP contribution >= 0.6 is 0 Å². The molecule has 4 aliphatic heterocycles. The summed E-state index contributed by atoms with van der Waals surface area (Å²) in [4.78, 5) is 50.4. The first-order chi connectivity index (χ1) is 22.9. The average Bonchev–Trinajstić information content (AvgIpc) is 3.34. The fourth-order valence-electron chi connectivity index (χ4n) is 9.00. The Labute approximate surface area is 274 Å². The number of benzene rings is 2. The highest BCUT2D eigenvalue weighted by molar-refractivity contribution is 6.05. The van der Waals surface area contributed by atoms with Crippen LogP contribution in [-0.4, -0.2) is 75.4 Å². The largest absolute Gasteiger partial charge is 0.380 e. The molecule has 5 heterocycles. The average molecular weight is 633 g/mol. The van der Waals surface area contributed by atoms with Crippen LogP contribution in [0, 0.1) is 0 Å². The maximum absolute atomic E-state index is 13.1. The van der Waals surface area contributed by atoms with Crippen molar-refractivity contribution in [2.75, 3.05) is 31.6 Å². The van der Waals surface area contributed by atoms with Gasteiger partial charge in [-0.15, -0.1) is 0 Å². The number of hydrogen-bond donors (Lipinski definition) is 2.